The molecule has 0 aromatic carbocycles. The standard InChI is InChI=1S/C7H14O3/c1-2-10-6-4-3-5-7(8)9/h2-6H2,1H3,(H,8,9)/p-1. The lowest BCUT2D eigenvalue weighted by molar-refractivity contribution is -0.305. The summed E-state index contributed by atoms with van der Waals surface area (Å²) in [5.41, 5.74) is 0. The second kappa shape index (κ2) is 6.55. The summed E-state index contributed by atoms with van der Waals surface area (Å²) >= 11 is 0. The Morgan fingerprint density at radius 1 is 1.50 bits per heavy atom. The van der Waals surface area contributed by atoms with Crippen LogP contribution >= 0.6 is 0 Å². The molecule has 3 nitrogen and oxygen atoms in total. The Labute approximate surface area is 61.0 Å². The zero-order chi connectivity index (χ0) is 7.82. The minimum absolute atomic E-state index is 0.146. The summed E-state index contributed by atoms with van der Waals surface area (Å²) in [5.74, 6) is -0.975. The van der Waals surface area contributed by atoms with Crippen LogP contribution in [-0.2, 0) is 9.53 Å². The number of carboxylic acid groups (broad SMARTS) is 1. The monoisotopic (exact) mass is 145 g/mol. The first-order valence-electron chi connectivity index (χ1n) is 3.55. The molecule has 0 amide bonds. The second-order valence-corrected chi connectivity index (χ2v) is 2.03. The number of rotatable bonds is 6. The van der Waals surface area contributed by atoms with Crippen molar-refractivity contribution in [1.29, 1.82) is 0 Å². The molecule has 0 radical (unpaired) electrons. The maximum absolute atomic E-state index is 9.88. The van der Waals surface area contributed by atoms with Crippen molar-refractivity contribution >= 4 is 5.97 Å². The Kier molecular flexibility index (Phi) is 6.18. The molecule has 0 aromatic rings. The largest absolute Gasteiger partial charge is 0.550 e. The molecule has 0 saturated heterocycles. The number of carbonyl (C=O) groups is 1. The van der Waals surface area contributed by atoms with Gasteiger partial charge < -0.3 is 14.6 Å². The van der Waals surface area contributed by atoms with Crippen molar-refractivity contribution in [3.63, 3.8) is 0 Å². The summed E-state index contributed by atoms with van der Waals surface area (Å²) in [4.78, 5) is 9.88. The average Bonchev–Trinajstić information content (AvgIpc) is 1.87. The summed E-state index contributed by atoms with van der Waals surface area (Å²) in [7, 11) is 0. The van der Waals surface area contributed by atoms with Crippen molar-refractivity contribution in [3.8, 4) is 0 Å². The Balaban J connectivity index is 2.84. The van der Waals surface area contributed by atoms with Crippen molar-refractivity contribution in [3.05, 3.63) is 0 Å². The first kappa shape index (κ1) is 9.43. The minimum atomic E-state index is -0.975. The van der Waals surface area contributed by atoms with Gasteiger partial charge in [0.15, 0.2) is 0 Å². The third kappa shape index (κ3) is 7.43. The highest BCUT2D eigenvalue weighted by molar-refractivity contribution is 5.63. The van der Waals surface area contributed by atoms with Crippen molar-refractivity contribution < 1.29 is 14.6 Å². The van der Waals surface area contributed by atoms with Gasteiger partial charge in [-0.05, 0) is 26.2 Å². The van der Waals surface area contributed by atoms with Crippen LogP contribution in [0, 0.1) is 0 Å². The maximum Gasteiger partial charge on any atom is 0.0466 e. The molecule has 0 atom stereocenters. The number of unbranched alkanes of at least 4 members (excludes halogenated alkanes) is 1. The van der Waals surface area contributed by atoms with Gasteiger partial charge in [0.2, 0.25) is 0 Å². The van der Waals surface area contributed by atoms with E-state index in [1.165, 1.54) is 0 Å². The Morgan fingerprint density at radius 3 is 2.70 bits per heavy atom. The molecule has 0 bridgehead atoms. The molecule has 0 aliphatic rings. The van der Waals surface area contributed by atoms with E-state index in [0.717, 1.165) is 6.42 Å². The summed E-state index contributed by atoms with van der Waals surface area (Å²) in [5, 5.41) is 9.88. The average molecular weight is 145 g/mol. The van der Waals surface area contributed by atoms with E-state index in [1.54, 1.807) is 0 Å². The van der Waals surface area contributed by atoms with E-state index in [4.69, 9.17) is 4.74 Å². The molecule has 0 saturated carbocycles. The van der Waals surface area contributed by atoms with E-state index in [1.807, 2.05) is 6.92 Å². The minimum Gasteiger partial charge on any atom is -0.550 e. The lowest BCUT2D eigenvalue weighted by atomic mass is 10.2. The van der Waals surface area contributed by atoms with Crippen LogP contribution in [-0.4, -0.2) is 19.2 Å². The fourth-order valence-electron chi connectivity index (χ4n) is 0.618. The molecule has 10 heavy (non-hydrogen) atoms. The van der Waals surface area contributed by atoms with Gasteiger partial charge in [-0.2, -0.15) is 0 Å². The predicted octanol–water partition coefficient (Wildman–Crippen LogP) is -0.0569. The van der Waals surface area contributed by atoms with Crippen LogP contribution in [0.2, 0.25) is 0 Å². The number of aliphatic carboxylic acids is 1. The molecule has 0 rings (SSSR count). The van der Waals surface area contributed by atoms with Crippen molar-refractivity contribution in [2.75, 3.05) is 13.2 Å². The Hall–Kier alpha value is -0.570. The fraction of sp³-hybridized carbons (Fsp3) is 0.857. The second-order valence-electron chi connectivity index (χ2n) is 2.03. The molecule has 0 heterocycles. The predicted molar refractivity (Wildman–Crippen MR) is 35.4 cm³/mol. The summed E-state index contributed by atoms with van der Waals surface area (Å²) in [6.45, 7) is 3.27. The molecule has 0 fully saturated rings. The van der Waals surface area contributed by atoms with E-state index in [0.29, 0.717) is 19.6 Å². The molecule has 0 unspecified atom stereocenters. The van der Waals surface area contributed by atoms with Gasteiger partial charge in [0.05, 0.1) is 0 Å². The Bertz CT molecular complexity index is 90.9. The molecule has 3 heteroatoms. The number of carbonyl (C=O) groups excluding carboxylic acids is 1. The summed E-state index contributed by atoms with van der Waals surface area (Å²) < 4.78 is 5.00. The lowest BCUT2D eigenvalue weighted by Gasteiger charge is -2.01. The molecular weight excluding hydrogens is 132 g/mol. The van der Waals surface area contributed by atoms with Crippen molar-refractivity contribution in [2.45, 2.75) is 26.2 Å². The fourth-order valence-corrected chi connectivity index (χ4v) is 0.618. The molecule has 60 valence electrons. The topological polar surface area (TPSA) is 49.4 Å². The van der Waals surface area contributed by atoms with Crippen molar-refractivity contribution in [1.82, 2.24) is 0 Å². The van der Waals surface area contributed by atoms with E-state index >= 15 is 0 Å². The SMILES string of the molecule is CCOCCCCC(=O)[O-]. The van der Waals surface area contributed by atoms with Crippen molar-refractivity contribution in [2.24, 2.45) is 0 Å². The molecule has 0 aliphatic carbocycles. The van der Waals surface area contributed by atoms with Crippen LogP contribution in [0.5, 0.6) is 0 Å². The van der Waals surface area contributed by atoms with Crippen LogP contribution in [0.4, 0.5) is 0 Å². The van der Waals surface area contributed by atoms with Crippen LogP contribution in [0.3, 0.4) is 0 Å². The summed E-state index contributed by atoms with van der Waals surface area (Å²) in [6.07, 6.45) is 1.61. The zero-order valence-electron chi connectivity index (χ0n) is 6.26. The molecule has 0 aromatic heterocycles. The van der Waals surface area contributed by atoms with Gasteiger partial charge >= 0.3 is 0 Å². The van der Waals surface area contributed by atoms with Crippen LogP contribution in [0.15, 0.2) is 0 Å². The van der Waals surface area contributed by atoms with E-state index in [2.05, 4.69) is 0 Å². The third-order valence-corrected chi connectivity index (χ3v) is 1.12. The number of carboxylic acids is 1. The zero-order valence-corrected chi connectivity index (χ0v) is 6.26. The normalized spacial score (nSPS) is 9.70. The van der Waals surface area contributed by atoms with E-state index in [-0.39, 0.29) is 6.42 Å². The van der Waals surface area contributed by atoms with Crippen LogP contribution in [0.1, 0.15) is 26.2 Å². The maximum atomic E-state index is 9.88. The number of hydrogen-bond donors (Lipinski definition) is 0. The number of ether oxygens (including phenoxy) is 1. The van der Waals surface area contributed by atoms with Crippen LogP contribution < -0.4 is 5.11 Å². The smallest absolute Gasteiger partial charge is 0.0466 e. The van der Waals surface area contributed by atoms with Gasteiger partial charge in [0.25, 0.3) is 0 Å². The van der Waals surface area contributed by atoms with Crippen LogP contribution in [0.25, 0.3) is 0 Å². The van der Waals surface area contributed by atoms with Gasteiger partial charge in [0.1, 0.15) is 0 Å². The first-order valence-corrected chi connectivity index (χ1v) is 3.55. The molecule has 0 N–H and O–H groups in total. The first-order chi connectivity index (χ1) is 4.77. The van der Waals surface area contributed by atoms with Gasteiger partial charge in [-0.25, -0.2) is 0 Å². The van der Waals surface area contributed by atoms with E-state index in [9.17, 15) is 9.90 Å². The third-order valence-electron chi connectivity index (χ3n) is 1.12. The highest BCUT2D eigenvalue weighted by atomic mass is 16.5. The molecular formula is C7H13O3-. The van der Waals surface area contributed by atoms with E-state index < -0.39 is 5.97 Å². The van der Waals surface area contributed by atoms with Gasteiger partial charge in [0, 0.05) is 19.2 Å². The van der Waals surface area contributed by atoms with Gasteiger partial charge in [-0.3, -0.25) is 0 Å². The highest BCUT2D eigenvalue weighted by Gasteiger charge is 1.88. The lowest BCUT2D eigenvalue weighted by Crippen LogP contribution is -2.21. The van der Waals surface area contributed by atoms with Gasteiger partial charge in [-0.1, -0.05) is 0 Å². The number of hydrogen-bond acceptors (Lipinski definition) is 3. The molecule has 0 aliphatic heterocycles. The highest BCUT2D eigenvalue weighted by Crippen LogP contribution is 1.93. The quantitative estimate of drug-likeness (QED) is 0.492. The summed E-state index contributed by atoms with van der Waals surface area (Å²) in [6, 6.07) is 0. The van der Waals surface area contributed by atoms with Gasteiger partial charge in [-0.15, -0.1) is 0 Å². The Morgan fingerprint density at radius 2 is 2.20 bits per heavy atom. The molecule has 0 spiro atoms.